The van der Waals surface area contributed by atoms with E-state index in [0.717, 1.165) is 11.0 Å². The van der Waals surface area contributed by atoms with Gasteiger partial charge in [-0.1, -0.05) is 41.4 Å². The van der Waals surface area contributed by atoms with Crippen molar-refractivity contribution >= 4 is 15.9 Å². The first-order valence-electron chi connectivity index (χ1n) is 5.18. The van der Waals surface area contributed by atoms with Crippen molar-refractivity contribution in [2.24, 2.45) is 0 Å². The monoisotopic (exact) mass is 255 g/mol. The van der Waals surface area contributed by atoms with Crippen LogP contribution >= 0.6 is 15.9 Å². The Labute approximate surface area is 95.0 Å². The Bertz CT molecular complexity index is 250. The van der Waals surface area contributed by atoms with Crippen LogP contribution in [0.5, 0.6) is 0 Å². The summed E-state index contributed by atoms with van der Waals surface area (Å²) in [6.07, 6.45) is 2.49. The Morgan fingerprint density at radius 2 is 1.93 bits per heavy atom. The molecule has 0 aromatic heterocycles. The SMILES string of the molecule is CCCC(CNC)c1ccc(Br)cc1. The van der Waals surface area contributed by atoms with Gasteiger partial charge < -0.3 is 5.32 Å². The van der Waals surface area contributed by atoms with E-state index in [0.29, 0.717) is 5.92 Å². The summed E-state index contributed by atoms with van der Waals surface area (Å²) in [5.74, 6) is 0.651. The van der Waals surface area contributed by atoms with Crippen LogP contribution in [0.1, 0.15) is 31.2 Å². The van der Waals surface area contributed by atoms with Crippen molar-refractivity contribution < 1.29 is 0 Å². The molecule has 0 aliphatic rings. The maximum Gasteiger partial charge on any atom is 0.0175 e. The van der Waals surface area contributed by atoms with Crippen LogP contribution in [0.15, 0.2) is 28.7 Å². The molecule has 14 heavy (non-hydrogen) atoms. The quantitative estimate of drug-likeness (QED) is 0.849. The Kier molecular flexibility index (Phi) is 5.20. The van der Waals surface area contributed by atoms with Crippen LogP contribution in [0.25, 0.3) is 0 Å². The van der Waals surface area contributed by atoms with E-state index in [9.17, 15) is 0 Å². The second-order valence-corrected chi connectivity index (χ2v) is 4.51. The number of likely N-dealkylation sites (N-methyl/N-ethyl adjacent to an activating group) is 1. The zero-order valence-corrected chi connectivity index (χ0v) is 10.5. The summed E-state index contributed by atoms with van der Waals surface area (Å²) in [5.41, 5.74) is 1.43. The lowest BCUT2D eigenvalue weighted by atomic mass is 9.94. The Balaban J connectivity index is 2.71. The predicted octanol–water partition coefficient (Wildman–Crippen LogP) is 3.55. The van der Waals surface area contributed by atoms with Gasteiger partial charge in [0, 0.05) is 11.0 Å². The maximum atomic E-state index is 3.46. The molecule has 1 nitrogen and oxygen atoms in total. The van der Waals surface area contributed by atoms with Crippen molar-refractivity contribution in [1.29, 1.82) is 0 Å². The summed E-state index contributed by atoms with van der Waals surface area (Å²) >= 11 is 3.46. The van der Waals surface area contributed by atoms with Gasteiger partial charge >= 0.3 is 0 Å². The fourth-order valence-corrected chi connectivity index (χ4v) is 1.98. The fraction of sp³-hybridized carbons (Fsp3) is 0.500. The Morgan fingerprint density at radius 1 is 1.29 bits per heavy atom. The number of rotatable bonds is 5. The molecular weight excluding hydrogens is 238 g/mol. The van der Waals surface area contributed by atoms with E-state index < -0.39 is 0 Å². The van der Waals surface area contributed by atoms with Crippen molar-refractivity contribution in [2.75, 3.05) is 13.6 Å². The van der Waals surface area contributed by atoms with Gasteiger partial charge in [-0.25, -0.2) is 0 Å². The van der Waals surface area contributed by atoms with Crippen LogP contribution < -0.4 is 5.32 Å². The van der Waals surface area contributed by atoms with Gasteiger partial charge in [-0.3, -0.25) is 0 Å². The van der Waals surface area contributed by atoms with E-state index in [-0.39, 0.29) is 0 Å². The highest BCUT2D eigenvalue weighted by atomic mass is 79.9. The van der Waals surface area contributed by atoms with Gasteiger partial charge in [0.05, 0.1) is 0 Å². The largest absolute Gasteiger partial charge is 0.319 e. The van der Waals surface area contributed by atoms with E-state index in [1.807, 2.05) is 7.05 Å². The third-order valence-electron chi connectivity index (χ3n) is 2.43. The fourth-order valence-electron chi connectivity index (χ4n) is 1.72. The normalized spacial score (nSPS) is 12.8. The molecule has 1 unspecified atom stereocenters. The van der Waals surface area contributed by atoms with E-state index in [1.54, 1.807) is 0 Å². The molecular formula is C12H18BrN. The lowest BCUT2D eigenvalue weighted by Crippen LogP contribution is -2.17. The molecule has 0 saturated carbocycles. The number of benzene rings is 1. The summed E-state index contributed by atoms with van der Waals surface area (Å²) in [4.78, 5) is 0. The number of hydrogen-bond donors (Lipinski definition) is 1. The second-order valence-electron chi connectivity index (χ2n) is 3.59. The lowest BCUT2D eigenvalue weighted by Gasteiger charge is -2.16. The molecule has 0 saturated heterocycles. The first-order chi connectivity index (χ1) is 6.77. The van der Waals surface area contributed by atoms with Crippen LogP contribution in [0.3, 0.4) is 0 Å². The van der Waals surface area contributed by atoms with Gasteiger partial charge in [-0.2, -0.15) is 0 Å². The van der Waals surface area contributed by atoms with Crippen molar-refractivity contribution in [3.05, 3.63) is 34.3 Å². The van der Waals surface area contributed by atoms with Crippen LogP contribution in [-0.4, -0.2) is 13.6 Å². The molecule has 1 atom stereocenters. The number of halogens is 1. The molecule has 0 amide bonds. The van der Waals surface area contributed by atoms with Crippen molar-refractivity contribution in [3.8, 4) is 0 Å². The minimum Gasteiger partial charge on any atom is -0.319 e. The van der Waals surface area contributed by atoms with Gasteiger partial charge in [-0.15, -0.1) is 0 Å². The third kappa shape index (κ3) is 3.43. The molecule has 78 valence electrons. The molecule has 1 N–H and O–H groups in total. The number of nitrogens with one attached hydrogen (secondary N) is 1. The highest BCUT2D eigenvalue weighted by molar-refractivity contribution is 9.10. The topological polar surface area (TPSA) is 12.0 Å². The smallest absolute Gasteiger partial charge is 0.0175 e. The molecule has 0 fully saturated rings. The molecule has 0 radical (unpaired) electrons. The average molecular weight is 256 g/mol. The molecule has 1 aromatic carbocycles. The summed E-state index contributed by atoms with van der Waals surface area (Å²) < 4.78 is 1.15. The zero-order chi connectivity index (χ0) is 10.4. The summed E-state index contributed by atoms with van der Waals surface area (Å²) in [5, 5.41) is 3.25. The number of hydrogen-bond acceptors (Lipinski definition) is 1. The molecule has 1 rings (SSSR count). The Morgan fingerprint density at radius 3 is 2.43 bits per heavy atom. The van der Waals surface area contributed by atoms with E-state index in [2.05, 4.69) is 52.4 Å². The van der Waals surface area contributed by atoms with E-state index >= 15 is 0 Å². The first kappa shape index (κ1) is 11.7. The lowest BCUT2D eigenvalue weighted by molar-refractivity contribution is 0.576. The van der Waals surface area contributed by atoms with E-state index in [1.165, 1.54) is 18.4 Å². The van der Waals surface area contributed by atoms with E-state index in [4.69, 9.17) is 0 Å². The standard InChI is InChI=1S/C12H18BrN/c1-3-4-11(9-14-2)10-5-7-12(13)8-6-10/h5-8,11,14H,3-4,9H2,1-2H3. The molecule has 0 aliphatic carbocycles. The zero-order valence-electron chi connectivity index (χ0n) is 8.89. The summed E-state index contributed by atoms with van der Waals surface area (Å²) in [7, 11) is 2.02. The van der Waals surface area contributed by atoms with Crippen LogP contribution in [0.4, 0.5) is 0 Å². The average Bonchev–Trinajstić information content (AvgIpc) is 2.19. The van der Waals surface area contributed by atoms with Gasteiger partial charge in [-0.05, 0) is 37.1 Å². The third-order valence-corrected chi connectivity index (χ3v) is 2.96. The molecule has 0 aliphatic heterocycles. The summed E-state index contributed by atoms with van der Waals surface area (Å²) in [6.45, 7) is 3.30. The van der Waals surface area contributed by atoms with Crippen LogP contribution in [-0.2, 0) is 0 Å². The Hall–Kier alpha value is -0.340. The minimum atomic E-state index is 0.651. The van der Waals surface area contributed by atoms with Gasteiger partial charge in [0.15, 0.2) is 0 Å². The van der Waals surface area contributed by atoms with Gasteiger partial charge in [0.1, 0.15) is 0 Å². The molecule has 1 aromatic rings. The van der Waals surface area contributed by atoms with Gasteiger partial charge in [0.25, 0.3) is 0 Å². The van der Waals surface area contributed by atoms with Crippen molar-refractivity contribution in [1.82, 2.24) is 5.32 Å². The second kappa shape index (κ2) is 6.20. The predicted molar refractivity (Wildman–Crippen MR) is 65.7 cm³/mol. The molecule has 0 bridgehead atoms. The van der Waals surface area contributed by atoms with Crippen LogP contribution in [0.2, 0.25) is 0 Å². The molecule has 2 heteroatoms. The highest BCUT2D eigenvalue weighted by Gasteiger charge is 2.08. The van der Waals surface area contributed by atoms with Gasteiger partial charge in [0.2, 0.25) is 0 Å². The maximum absolute atomic E-state index is 3.46. The minimum absolute atomic E-state index is 0.651. The molecule has 0 spiro atoms. The van der Waals surface area contributed by atoms with Crippen molar-refractivity contribution in [3.63, 3.8) is 0 Å². The van der Waals surface area contributed by atoms with Crippen molar-refractivity contribution in [2.45, 2.75) is 25.7 Å². The highest BCUT2D eigenvalue weighted by Crippen LogP contribution is 2.22. The molecule has 0 heterocycles. The van der Waals surface area contributed by atoms with Crippen LogP contribution in [0, 0.1) is 0 Å². The first-order valence-corrected chi connectivity index (χ1v) is 5.97. The summed E-state index contributed by atoms with van der Waals surface area (Å²) in [6, 6.07) is 8.66.